The quantitative estimate of drug-likeness (QED) is 0.798. The highest BCUT2D eigenvalue weighted by atomic mass is 32.1. The molecule has 2 rings (SSSR count). The second-order valence-electron chi connectivity index (χ2n) is 5.41. The number of rotatable bonds is 5. The van der Waals surface area contributed by atoms with Crippen molar-refractivity contribution in [3.8, 4) is 11.5 Å². The van der Waals surface area contributed by atoms with E-state index in [2.05, 4.69) is 17.6 Å². The Hall–Kier alpha value is -2.60. The zero-order chi connectivity index (χ0) is 18.4. The molecule has 2 aromatic rings. The summed E-state index contributed by atoms with van der Waals surface area (Å²) in [6, 6.07) is 11.2. The monoisotopic (exact) mass is 358 g/mol. The molecule has 0 spiro atoms. The van der Waals surface area contributed by atoms with Gasteiger partial charge in [0.1, 0.15) is 17.1 Å². The van der Waals surface area contributed by atoms with Crippen molar-refractivity contribution in [2.75, 3.05) is 19.5 Å². The molecule has 0 radical (unpaired) electrons. The van der Waals surface area contributed by atoms with Gasteiger partial charge >= 0.3 is 0 Å². The van der Waals surface area contributed by atoms with Gasteiger partial charge in [-0.05, 0) is 48.8 Å². The summed E-state index contributed by atoms with van der Waals surface area (Å²) in [7, 11) is 3.01. The highest BCUT2D eigenvalue weighted by Crippen LogP contribution is 2.28. The fourth-order valence-corrected chi connectivity index (χ4v) is 2.78. The van der Waals surface area contributed by atoms with Crippen molar-refractivity contribution < 1.29 is 14.3 Å². The number of nitrogens with one attached hydrogen (secondary N) is 2. The summed E-state index contributed by atoms with van der Waals surface area (Å²) in [6.07, 6.45) is 0.862. The third kappa shape index (κ3) is 4.28. The van der Waals surface area contributed by atoms with Gasteiger partial charge in [-0.15, -0.1) is 0 Å². The molecule has 25 heavy (non-hydrogen) atoms. The van der Waals surface area contributed by atoms with E-state index in [9.17, 15) is 4.79 Å². The average Bonchev–Trinajstić information content (AvgIpc) is 2.62. The van der Waals surface area contributed by atoms with Crippen LogP contribution in [0, 0.1) is 6.92 Å². The van der Waals surface area contributed by atoms with Crippen molar-refractivity contribution >= 4 is 28.9 Å². The first-order valence-corrected chi connectivity index (χ1v) is 8.34. The Morgan fingerprint density at radius 1 is 1.08 bits per heavy atom. The largest absolute Gasteiger partial charge is 0.496 e. The molecule has 0 bridgehead atoms. The molecule has 132 valence electrons. The highest BCUT2D eigenvalue weighted by Gasteiger charge is 2.19. The van der Waals surface area contributed by atoms with Crippen LogP contribution in [-0.4, -0.2) is 25.2 Å². The Morgan fingerprint density at radius 2 is 1.68 bits per heavy atom. The zero-order valence-electron chi connectivity index (χ0n) is 14.8. The predicted octanol–water partition coefficient (Wildman–Crippen LogP) is 3.70. The summed E-state index contributed by atoms with van der Waals surface area (Å²) in [4.78, 5) is 12.6. The van der Waals surface area contributed by atoms with Gasteiger partial charge in [0.05, 0.1) is 14.2 Å². The number of para-hydroxylation sites is 1. The molecular weight excluding hydrogens is 336 g/mol. The van der Waals surface area contributed by atoms with Crippen molar-refractivity contribution in [1.82, 2.24) is 5.32 Å². The molecule has 1 amide bonds. The molecule has 0 saturated carbocycles. The molecular formula is C19H22N2O3S. The van der Waals surface area contributed by atoms with Crippen molar-refractivity contribution in [2.24, 2.45) is 0 Å². The molecule has 2 aromatic carbocycles. The summed E-state index contributed by atoms with van der Waals surface area (Å²) in [5.41, 5.74) is 3.41. The van der Waals surface area contributed by atoms with Crippen molar-refractivity contribution in [1.29, 1.82) is 0 Å². The van der Waals surface area contributed by atoms with Crippen LogP contribution >= 0.6 is 12.2 Å². The molecule has 0 aliphatic rings. The first-order chi connectivity index (χ1) is 12.0. The van der Waals surface area contributed by atoms with Gasteiger partial charge in [-0.2, -0.15) is 0 Å². The number of aryl methyl sites for hydroxylation is 2. The lowest BCUT2D eigenvalue weighted by Gasteiger charge is -2.17. The Kier molecular flexibility index (Phi) is 6.36. The molecule has 0 aliphatic heterocycles. The number of hydrogen-bond acceptors (Lipinski definition) is 4. The van der Waals surface area contributed by atoms with Crippen LogP contribution in [0.3, 0.4) is 0 Å². The fourth-order valence-electron chi connectivity index (χ4n) is 2.59. The van der Waals surface area contributed by atoms with E-state index in [1.807, 2.05) is 25.1 Å². The normalized spacial score (nSPS) is 10.1. The highest BCUT2D eigenvalue weighted by molar-refractivity contribution is 7.80. The minimum atomic E-state index is -0.390. The van der Waals surface area contributed by atoms with E-state index < -0.39 is 5.91 Å². The topological polar surface area (TPSA) is 59.6 Å². The lowest BCUT2D eigenvalue weighted by Crippen LogP contribution is -2.35. The van der Waals surface area contributed by atoms with Crippen LogP contribution in [-0.2, 0) is 6.42 Å². The maximum absolute atomic E-state index is 12.6. The van der Waals surface area contributed by atoms with Crippen LogP contribution in [0.4, 0.5) is 5.69 Å². The molecule has 0 saturated heterocycles. The molecule has 0 aromatic heterocycles. The van der Waals surface area contributed by atoms with E-state index in [1.165, 1.54) is 14.2 Å². The molecule has 5 nitrogen and oxygen atoms in total. The predicted molar refractivity (Wildman–Crippen MR) is 104 cm³/mol. The van der Waals surface area contributed by atoms with Gasteiger partial charge in [-0.25, -0.2) is 0 Å². The minimum absolute atomic E-state index is 0.224. The minimum Gasteiger partial charge on any atom is -0.496 e. The molecule has 6 heteroatoms. The molecule has 0 unspecified atom stereocenters. The standard InChI is InChI=1S/C19H22N2O3S/c1-5-13-9-6-8-12(2)17(13)20-19(25)21-18(22)16-14(23-3)10-7-11-15(16)24-4/h6-11H,5H2,1-4H3,(H2,20,21,22,25). The van der Waals surface area contributed by atoms with E-state index in [-0.39, 0.29) is 5.11 Å². The fraction of sp³-hybridized carbons (Fsp3) is 0.263. The SMILES string of the molecule is CCc1cccc(C)c1NC(=S)NC(=O)c1c(OC)cccc1OC. The number of carbonyl (C=O) groups excluding carboxylic acids is 1. The summed E-state index contributed by atoms with van der Waals surface area (Å²) < 4.78 is 10.5. The Labute approximate surface area is 153 Å². The van der Waals surface area contributed by atoms with Gasteiger partial charge in [0.25, 0.3) is 5.91 Å². The van der Waals surface area contributed by atoms with Gasteiger partial charge in [0.2, 0.25) is 0 Å². The van der Waals surface area contributed by atoms with Gasteiger partial charge in [-0.1, -0.05) is 31.2 Å². The van der Waals surface area contributed by atoms with Crippen LogP contribution < -0.4 is 20.1 Å². The number of thiocarbonyl (C=S) groups is 1. The maximum Gasteiger partial charge on any atom is 0.264 e. The second-order valence-corrected chi connectivity index (χ2v) is 5.82. The Bertz CT molecular complexity index is 768. The summed E-state index contributed by atoms with van der Waals surface area (Å²) >= 11 is 5.31. The number of methoxy groups -OCH3 is 2. The van der Waals surface area contributed by atoms with Gasteiger partial charge in [0, 0.05) is 5.69 Å². The number of benzene rings is 2. The first kappa shape index (κ1) is 18.7. The van der Waals surface area contributed by atoms with E-state index in [0.29, 0.717) is 17.1 Å². The number of anilines is 1. The van der Waals surface area contributed by atoms with Crippen LogP contribution in [0.5, 0.6) is 11.5 Å². The number of carbonyl (C=O) groups is 1. The van der Waals surface area contributed by atoms with Gasteiger partial charge < -0.3 is 14.8 Å². The van der Waals surface area contributed by atoms with E-state index >= 15 is 0 Å². The van der Waals surface area contributed by atoms with Crippen LogP contribution in [0.15, 0.2) is 36.4 Å². The van der Waals surface area contributed by atoms with Crippen LogP contribution in [0.1, 0.15) is 28.4 Å². The molecule has 0 fully saturated rings. The second kappa shape index (κ2) is 8.48. The molecule has 0 heterocycles. The molecule has 0 aliphatic carbocycles. The summed E-state index contributed by atoms with van der Waals surface area (Å²) in [5, 5.41) is 6.04. The van der Waals surface area contributed by atoms with E-state index in [4.69, 9.17) is 21.7 Å². The summed E-state index contributed by atoms with van der Waals surface area (Å²) in [5.74, 6) is 0.452. The van der Waals surface area contributed by atoms with Gasteiger partial charge in [-0.3, -0.25) is 10.1 Å². The van der Waals surface area contributed by atoms with Crippen molar-refractivity contribution in [2.45, 2.75) is 20.3 Å². The first-order valence-electron chi connectivity index (χ1n) is 7.93. The van der Waals surface area contributed by atoms with Crippen molar-refractivity contribution in [3.63, 3.8) is 0 Å². The van der Waals surface area contributed by atoms with Crippen LogP contribution in [0.25, 0.3) is 0 Å². The number of hydrogen-bond donors (Lipinski definition) is 2. The van der Waals surface area contributed by atoms with E-state index in [0.717, 1.165) is 23.2 Å². The lowest BCUT2D eigenvalue weighted by molar-refractivity contribution is 0.0971. The number of amides is 1. The third-order valence-electron chi connectivity index (χ3n) is 3.86. The number of ether oxygens (including phenoxy) is 2. The Morgan fingerprint density at radius 3 is 2.24 bits per heavy atom. The maximum atomic E-state index is 12.6. The lowest BCUT2D eigenvalue weighted by atomic mass is 10.1. The van der Waals surface area contributed by atoms with Gasteiger partial charge in [0.15, 0.2) is 5.11 Å². The Balaban J connectivity index is 2.21. The molecule has 0 atom stereocenters. The van der Waals surface area contributed by atoms with E-state index in [1.54, 1.807) is 18.2 Å². The average molecular weight is 358 g/mol. The smallest absolute Gasteiger partial charge is 0.264 e. The zero-order valence-corrected chi connectivity index (χ0v) is 15.6. The summed E-state index contributed by atoms with van der Waals surface area (Å²) in [6.45, 7) is 4.07. The third-order valence-corrected chi connectivity index (χ3v) is 4.06. The molecule has 2 N–H and O–H groups in total. The van der Waals surface area contributed by atoms with Crippen molar-refractivity contribution in [3.05, 3.63) is 53.1 Å². The van der Waals surface area contributed by atoms with Crippen LogP contribution in [0.2, 0.25) is 0 Å².